The lowest BCUT2D eigenvalue weighted by Crippen LogP contribution is -2.28. The highest BCUT2D eigenvalue weighted by Gasteiger charge is 2.46. The average molecular weight is 890 g/mol. The van der Waals surface area contributed by atoms with Crippen molar-refractivity contribution in [2.75, 3.05) is 4.90 Å². The van der Waals surface area contributed by atoms with Crippen LogP contribution in [0.4, 0.5) is 17.1 Å². The summed E-state index contributed by atoms with van der Waals surface area (Å²) in [6, 6.07) is 105. The molecular weight excluding hydrogens is 843 g/mol. The van der Waals surface area contributed by atoms with Gasteiger partial charge in [-0.25, -0.2) is 0 Å². The fourth-order valence-electron chi connectivity index (χ4n) is 11.5. The molecule has 13 rings (SSSR count). The molecule has 70 heavy (non-hydrogen) atoms. The van der Waals surface area contributed by atoms with E-state index in [2.05, 4.69) is 290 Å². The zero-order chi connectivity index (χ0) is 46.4. The van der Waals surface area contributed by atoms with Gasteiger partial charge in [0.05, 0.1) is 11.1 Å². The van der Waals surface area contributed by atoms with Crippen LogP contribution in [0.25, 0.3) is 77.2 Å². The van der Waals surface area contributed by atoms with E-state index >= 15 is 0 Å². The minimum atomic E-state index is -0.505. The molecule has 1 aliphatic rings. The Morgan fingerprint density at radius 1 is 0.243 bits per heavy atom. The van der Waals surface area contributed by atoms with E-state index < -0.39 is 5.41 Å². The van der Waals surface area contributed by atoms with Crippen molar-refractivity contribution < 1.29 is 0 Å². The van der Waals surface area contributed by atoms with Crippen LogP contribution in [0.1, 0.15) is 22.3 Å². The van der Waals surface area contributed by atoms with E-state index in [4.69, 9.17) is 0 Å². The lowest BCUT2D eigenvalue weighted by Gasteiger charge is -2.34. The summed E-state index contributed by atoms with van der Waals surface area (Å²) in [4.78, 5) is 2.54. The molecule has 0 radical (unpaired) electrons. The Morgan fingerprint density at radius 2 is 0.700 bits per heavy atom. The van der Waals surface area contributed by atoms with Gasteiger partial charge < -0.3 is 4.90 Å². The molecule has 1 aliphatic carbocycles. The van der Waals surface area contributed by atoms with Crippen LogP contribution >= 0.6 is 0 Å². The first-order chi connectivity index (χ1) is 34.8. The van der Waals surface area contributed by atoms with Crippen molar-refractivity contribution in [1.82, 2.24) is 0 Å². The topological polar surface area (TPSA) is 3.24 Å². The molecule has 0 fully saturated rings. The molecule has 0 unspecified atom stereocenters. The molecular formula is C69H47N. The van der Waals surface area contributed by atoms with Crippen molar-refractivity contribution in [1.29, 1.82) is 0 Å². The third-order valence-corrected chi connectivity index (χ3v) is 14.5. The largest absolute Gasteiger partial charge is 0.309 e. The fourth-order valence-corrected chi connectivity index (χ4v) is 11.5. The van der Waals surface area contributed by atoms with Crippen molar-refractivity contribution in [3.63, 3.8) is 0 Å². The van der Waals surface area contributed by atoms with Crippen molar-refractivity contribution >= 4 is 38.6 Å². The van der Waals surface area contributed by atoms with Gasteiger partial charge in [0.15, 0.2) is 0 Å². The smallest absolute Gasteiger partial charge is 0.0713 e. The van der Waals surface area contributed by atoms with Gasteiger partial charge in [0.25, 0.3) is 0 Å². The Kier molecular flexibility index (Phi) is 10.1. The van der Waals surface area contributed by atoms with E-state index in [1.54, 1.807) is 0 Å². The highest BCUT2D eigenvalue weighted by molar-refractivity contribution is 6.22. The van der Waals surface area contributed by atoms with Crippen molar-refractivity contribution in [3.05, 3.63) is 307 Å². The Hall–Kier alpha value is -9.04. The SMILES string of the molecule is c1ccc(-c2ccc(-c3ccccc3)c(-c3ccc(N(c4ccc5c(c4)-c4ccccc4C5(c4ccccc4)c4ccccc4)c4c(-c5ccccc5)c5ccccc5c5ccccc45)cc3)c2)cc1. The van der Waals surface area contributed by atoms with Gasteiger partial charge >= 0.3 is 0 Å². The summed E-state index contributed by atoms with van der Waals surface area (Å²) in [7, 11) is 0. The Balaban J connectivity index is 1.09. The van der Waals surface area contributed by atoms with Gasteiger partial charge in [-0.3, -0.25) is 0 Å². The first-order valence-electron chi connectivity index (χ1n) is 24.3. The highest BCUT2D eigenvalue weighted by atomic mass is 15.1. The summed E-state index contributed by atoms with van der Waals surface area (Å²) < 4.78 is 0. The number of rotatable bonds is 9. The van der Waals surface area contributed by atoms with Crippen LogP contribution in [0.15, 0.2) is 285 Å². The normalized spacial score (nSPS) is 12.4. The lowest BCUT2D eigenvalue weighted by atomic mass is 9.68. The molecule has 12 aromatic carbocycles. The van der Waals surface area contributed by atoms with Crippen molar-refractivity contribution in [3.8, 4) is 55.6 Å². The number of anilines is 3. The number of benzene rings is 12. The summed E-state index contributed by atoms with van der Waals surface area (Å²) in [6.07, 6.45) is 0. The van der Waals surface area contributed by atoms with E-state index in [-0.39, 0.29) is 0 Å². The number of hydrogen-bond donors (Lipinski definition) is 0. The summed E-state index contributed by atoms with van der Waals surface area (Å²) >= 11 is 0. The predicted octanol–water partition coefficient (Wildman–Crippen LogP) is 18.5. The van der Waals surface area contributed by atoms with Crippen LogP contribution in [0.3, 0.4) is 0 Å². The zero-order valence-electron chi connectivity index (χ0n) is 38.6. The molecule has 328 valence electrons. The van der Waals surface area contributed by atoms with Gasteiger partial charge in [0, 0.05) is 22.3 Å². The first kappa shape index (κ1) is 41.2. The van der Waals surface area contributed by atoms with Crippen LogP contribution in [0.5, 0.6) is 0 Å². The second-order valence-corrected chi connectivity index (χ2v) is 18.3. The summed E-state index contributed by atoms with van der Waals surface area (Å²) in [5, 5.41) is 4.86. The maximum absolute atomic E-state index is 2.54. The minimum Gasteiger partial charge on any atom is -0.309 e. The quantitative estimate of drug-likeness (QED) is 0.131. The molecule has 0 heterocycles. The van der Waals surface area contributed by atoms with Crippen LogP contribution in [-0.4, -0.2) is 0 Å². The van der Waals surface area contributed by atoms with Gasteiger partial charge in [0.2, 0.25) is 0 Å². The molecule has 1 heteroatoms. The van der Waals surface area contributed by atoms with E-state index in [0.717, 1.165) is 22.6 Å². The Bertz CT molecular complexity index is 3800. The molecule has 0 aliphatic heterocycles. The summed E-state index contributed by atoms with van der Waals surface area (Å²) in [6.45, 7) is 0. The summed E-state index contributed by atoms with van der Waals surface area (Å²) in [5.41, 5.74) is 19.9. The standard InChI is InChI=1S/C69H47N/c1-6-22-48(23-7-1)52-40-44-57(49-24-8-2-9-25-49)63(46-52)50-38-41-55(42-39-50)70(68-62-36-19-17-33-59(62)58-32-16-18-35-61(58)67(68)51-26-10-3-11-27-51)56-43-45-66-64(47-56)60-34-20-21-37-65(60)69(66,53-28-12-4-13-29-53)54-30-14-5-15-31-54/h1-47H. The second-order valence-electron chi connectivity index (χ2n) is 18.3. The van der Waals surface area contributed by atoms with Crippen LogP contribution in [0, 0.1) is 0 Å². The van der Waals surface area contributed by atoms with Gasteiger partial charge in [-0.15, -0.1) is 0 Å². The van der Waals surface area contributed by atoms with Crippen LogP contribution in [0.2, 0.25) is 0 Å². The van der Waals surface area contributed by atoms with Crippen molar-refractivity contribution in [2.45, 2.75) is 5.41 Å². The second kappa shape index (κ2) is 17.2. The molecule has 0 atom stereocenters. The molecule has 0 saturated carbocycles. The zero-order valence-corrected chi connectivity index (χ0v) is 38.6. The van der Waals surface area contributed by atoms with E-state index in [0.29, 0.717) is 0 Å². The van der Waals surface area contributed by atoms with E-state index in [1.807, 2.05) is 0 Å². The molecule has 12 aromatic rings. The molecule has 0 bridgehead atoms. The molecule has 0 aromatic heterocycles. The minimum absolute atomic E-state index is 0.505. The molecule has 0 amide bonds. The lowest BCUT2D eigenvalue weighted by molar-refractivity contribution is 0.768. The average Bonchev–Trinajstić information content (AvgIpc) is 3.75. The predicted molar refractivity (Wildman–Crippen MR) is 295 cm³/mol. The highest BCUT2D eigenvalue weighted by Crippen LogP contribution is 2.58. The summed E-state index contributed by atoms with van der Waals surface area (Å²) in [5.74, 6) is 0. The van der Waals surface area contributed by atoms with Gasteiger partial charge in [0.1, 0.15) is 0 Å². The fraction of sp³-hybridized carbons (Fsp3) is 0.0145. The Labute approximate surface area is 409 Å². The Morgan fingerprint density at radius 3 is 1.34 bits per heavy atom. The monoisotopic (exact) mass is 889 g/mol. The van der Waals surface area contributed by atoms with Gasteiger partial charge in [-0.05, 0) is 119 Å². The maximum Gasteiger partial charge on any atom is 0.0713 e. The molecule has 0 spiro atoms. The number of fused-ring (bicyclic) bond motifs is 6. The van der Waals surface area contributed by atoms with E-state index in [1.165, 1.54) is 93.9 Å². The third kappa shape index (κ3) is 6.70. The number of nitrogens with zero attached hydrogens (tertiary/aromatic N) is 1. The number of hydrogen-bond acceptors (Lipinski definition) is 1. The molecule has 0 N–H and O–H groups in total. The van der Waals surface area contributed by atoms with Crippen LogP contribution in [-0.2, 0) is 5.41 Å². The van der Waals surface area contributed by atoms with Gasteiger partial charge in [-0.1, -0.05) is 255 Å². The molecule has 1 nitrogen and oxygen atoms in total. The van der Waals surface area contributed by atoms with E-state index in [9.17, 15) is 0 Å². The van der Waals surface area contributed by atoms with Crippen LogP contribution < -0.4 is 4.90 Å². The third-order valence-electron chi connectivity index (χ3n) is 14.5. The van der Waals surface area contributed by atoms with Gasteiger partial charge in [-0.2, -0.15) is 0 Å². The molecule has 0 saturated heterocycles. The first-order valence-corrected chi connectivity index (χ1v) is 24.3. The van der Waals surface area contributed by atoms with Crippen molar-refractivity contribution in [2.24, 2.45) is 0 Å². The maximum atomic E-state index is 2.54.